The van der Waals surface area contributed by atoms with E-state index in [9.17, 15) is 27.2 Å². The average Bonchev–Trinajstić information content (AvgIpc) is 2.68. The topological polar surface area (TPSA) is 79.2 Å². The van der Waals surface area contributed by atoms with E-state index in [1.165, 1.54) is 0 Å². The van der Waals surface area contributed by atoms with E-state index in [-0.39, 0.29) is 25.4 Å². The third kappa shape index (κ3) is 4.19. The standard InChI is InChI=1S/C19H12ClF4N3O3S/c1-26-15(19(22,23)24)14(20)17(28)27(18(26)29)12-8-13(10(16(25)31)7-11(12)21)30-9-5-3-2-4-6-9/h2-8H,1H3,(H2,25,31). The second kappa shape index (κ2) is 8.16. The van der Waals surface area contributed by atoms with Gasteiger partial charge in [0.1, 0.15) is 27.3 Å². The number of rotatable bonds is 4. The number of nitrogens with two attached hydrogens (primary N) is 1. The van der Waals surface area contributed by atoms with Crippen molar-refractivity contribution in [2.45, 2.75) is 6.18 Å². The molecule has 0 fully saturated rings. The number of alkyl halides is 3. The second-order valence-corrected chi connectivity index (χ2v) is 7.04. The molecule has 12 heteroatoms. The molecule has 0 bridgehead atoms. The molecule has 1 aromatic heterocycles. The maximum atomic E-state index is 14.8. The monoisotopic (exact) mass is 473 g/mol. The highest BCUT2D eigenvalue weighted by Gasteiger charge is 2.39. The molecule has 31 heavy (non-hydrogen) atoms. The van der Waals surface area contributed by atoms with Gasteiger partial charge in [-0.05, 0) is 18.2 Å². The van der Waals surface area contributed by atoms with Gasteiger partial charge in [-0.15, -0.1) is 0 Å². The number of aromatic nitrogens is 2. The summed E-state index contributed by atoms with van der Waals surface area (Å²) >= 11 is 10.5. The fourth-order valence-electron chi connectivity index (χ4n) is 2.81. The Morgan fingerprint density at radius 2 is 1.77 bits per heavy atom. The highest BCUT2D eigenvalue weighted by molar-refractivity contribution is 7.80. The van der Waals surface area contributed by atoms with E-state index in [4.69, 9.17) is 34.3 Å². The van der Waals surface area contributed by atoms with Crippen LogP contribution in [0.2, 0.25) is 5.02 Å². The van der Waals surface area contributed by atoms with Crippen LogP contribution in [0, 0.1) is 5.82 Å². The van der Waals surface area contributed by atoms with E-state index in [1.807, 2.05) is 0 Å². The summed E-state index contributed by atoms with van der Waals surface area (Å²) in [6.07, 6.45) is -5.08. The van der Waals surface area contributed by atoms with E-state index in [2.05, 4.69) is 0 Å². The van der Waals surface area contributed by atoms with Gasteiger partial charge < -0.3 is 10.5 Å². The predicted molar refractivity (Wildman–Crippen MR) is 110 cm³/mol. The van der Waals surface area contributed by atoms with Gasteiger partial charge in [0.05, 0.1) is 11.3 Å². The van der Waals surface area contributed by atoms with Crippen LogP contribution in [0.4, 0.5) is 17.6 Å². The van der Waals surface area contributed by atoms with Gasteiger partial charge in [-0.25, -0.2) is 13.8 Å². The number of ether oxygens (including phenoxy) is 1. The first-order chi connectivity index (χ1) is 14.4. The SMILES string of the molecule is Cn1c(C(F)(F)F)c(Cl)c(=O)n(-c2cc(Oc3ccccc3)c(C(N)=S)cc2F)c1=O. The third-order valence-corrected chi connectivity index (χ3v) is 4.77. The summed E-state index contributed by atoms with van der Waals surface area (Å²) < 4.78 is 60.4. The van der Waals surface area contributed by atoms with Gasteiger partial charge in [0.2, 0.25) is 0 Å². The van der Waals surface area contributed by atoms with Crippen molar-refractivity contribution in [3.05, 3.63) is 85.4 Å². The van der Waals surface area contributed by atoms with Crippen molar-refractivity contribution in [3.63, 3.8) is 0 Å². The van der Waals surface area contributed by atoms with Crippen LogP contribution in [-0.4, -0.2) is 14.1 Å². The van der Waals surface area contributed by atoms with Crippen LogP contribution in [-0.2, 0) is 13.2 Å². The average molecular weight is 474 g/mol. The Labute approximate surface area is 182 Å². The molecule has 0 atom stereocenters. The van der Waals surface area contributed by atoms with E-state index in [0.717, 1.165) is 19.2 Å². The number of nitrogens with zero attached hydrogens (tertiary/aromatic N) is 2. The van der Waals surface area contributed by atoms with Crippen molar-refractivity contribution in [2.75, 3.05) is 0 Å². The molecule has 0 saturated carbocycles. The maximum absolute atomic E-state index is 14.8. The lowest BCUT2D eigenvalue weighted by atomic mass is 10.1. The Morgan fingerprint density at radius 1 is 1.16 bits per heavy atom. The summed E-state index contributed by atoms with van der Waals surface area (Å²) in [6, 6.07) is 9.88. The van der Waals surface area contributed by atoms with Crippen molar-refractivity contribution in [1.29, 1.82) is 0 Å². The Bertz CT molecular complexity index is 1270. The molecule has 0 saturated heterocycles. The lowest BCUT2D eigenvalue weighted by Crippen LogP contribution is -2.42. The van der Waals surface area contributed by atoms with Crippen LogP contribution in [0.25, 0.3) is 5.69 Å². The quantitative estimate of drug-likeness (QED) is 0.461. The zero-order chi connectivity index (χ0) is 23.1. The van der Waals surface area contributed by atoms with Crippen LogP contribution in [0.15, 0.2) is 52.1 Å². The molecule has 0 unspecified atom stereocenters. The van der Waals surface area contributed by atoms with Gasteiger partial charge in [-0.3, -0.25) is 9.36 Å². The van der Waals surface area contributed by atoms with Crippen molar-refractivity contribution < 1.29 is 22.3 Å². The number of halogens is 5. The van der Waals surface area contributed by atoms with Crippen molar-refractivity contribution in [1.82, 2.24) is 9.13 Å². The normalized spacial score (nSPS) is 11.4. The molecule has 6 nitrogen and oxygen atoms in total. The summed E-state index contributed by atoms with van der Waals surface area (Å²) in [5.74, 6) is -0.985. The molecule has 0 amide bonds. The summed E-state index contributed by atoms with van der Waals surface area (Å²) in [4.78, 5) is 24.8. The Balaban J connectivity index is 2.32. The molecule has 0 spiro atoms. The van der Waals surface area contributed by atoms with E-state index in [1.54, 1.807) is 30.3 Å². The maximum Gasteiger partial charge on any atom is 0.433 e. The van der Waals surface area contributed by atoms with Crippen LogP contribution in [0.5, 0.6) is 11.5 Å². The summed E-state index contributed by atoms with van der Waals surface area (Å²) in [7, 11) is 0.760. The number of thiocarbonyl (C=S) groups is 1. The van der Waals surface area contributed by atoms with Gasteiger partial charge in [-0.1, -0.05) is 42.0 Å². The number of hydrogen-bond acceptors (Lipinski definition) is 4. The fraction of sp³-hybridized carbons (Fsp3) is 0.105. The summed E-state index contributed by atoms with van der Waals surface area (Å²) in [5, 5.41) is -1.29. The number of benzene rings is 2. The minimum absolute atomic E-state index is 0.0528. The molecule has 2 N–H and O–H groups in total. The molecule has 3 aromatic rings. The first kappa shape index (κ1) is 22.5. The fourth-order valence-corrected chi connectivity index (χ4v) is 3.29. The molecular weight excluding hydrogens is 462 g/mol. The first-order valence-electron chi connectivity index (χ1n) is 8.38. The lowest BCUT2D eigenvalue weighted by molar-refractivity contribution is -0.143. The molecule has 3 rings (SSSR count). The first-order valence-corrected chi connectivity index (χ1v) is 9.17. The molecule has 0 radical (unpaired) electrons. The highest BCUT2D eigenvalue weighted by atomic mass is 35.5. The molecule has 1 heterocycles. The summed E-state index contributed by atoms with van der Waals surface area (Å²) in [5.41, 5.74) is 0.199. The molecule has 0 aliphatic rings. The van der Waals surface area contributed by atoms with E-state index < -0.39 is 39.6 Å². The lowest BCUT2D eigenvalue weighted by Gasteiger charge is -2.17. The molecule has 0 aliphatic heterocycles. The van der Waals surface area contributed by atoms with Crippen LogP contribution in [0.1, 0.15) is 11.3 Å². The van der Waals surface area contributed by atoms with Gasteiger partial charge in [0.15, 0.2) is 5.69 Å². The highest BCUT2D eigenvalue weighted by Crippen LogP contribution is 2.33. The Kier molecular flexibility index (Phi) is 5.92. The van der Waals surface area contributed by atoms with Gasteiger partial charge >= 0.3 is 11.9 Å². The van der Waals surface area contributed by atoms with E-state index >= 15 is 0 Å². The van der Waals surface area contributed by atoms with Crippen molar-refractivity contribution >= 4 is 28.8 Å². The zero-order valence-corrected chi connectivity index (χ0v) is 17.1. The van der Waals surface area contributed by atoms with Crippen LogP contribution in [0.3, 0.4) is 0 Å². The van der Waals surface area contributed by atoms with Crippen LogP contribution >= 0.6 is 23.8 Å². The second-order valence-electron chi connectivity index (χ2n) is 6.22. The predicted octanol–water partition coefficient (Wildman–Crippen LogP) is 3.77. The molecule has 162 valence electrons. The van der Waals surface area contributed by atoms with E-state index in [0.29, 0.717) is 5.75 Å². The minimum atomic E-state index is -5.08. The van der Waals surface area contributed by atoms with Crippen molar-refractivity contribution in [3.8, 4) is 17.2 Å². The zero-order valence-electron chi connectivity index (χ0n) is 15.5. The number of para-hydroxylation sites is 1. The van der Waals surface area contributed by atoms with Crippen molar-refractivity contribution in [2.24, 2.45) is 12.8 Å². The van der Waals surface area contributed by atoms with Crippen LogP contribution < -0.4 is 21.7 Å². The minimum Gasteiger partial charge on any atom is -0.457 e. The smallest absolute Gasteiger partial charge is 0.433 e. The molecule has 0 aliphatic carbocycles. The van der Waals surface area contributed by atoms with Gasteiger partial charge in [0, 0.05) is 13.1 Å². The van der Waals surface area contributed by atoms with Gasteiger partial charge in [-0.2, -0.15) is 13.2 Å². The largest absolute Gasteiger partial charge is 0.457 e. The third-order valence-electron chi connectivity index (χ3n) is 4.21. The number of hydrogen-bond donors (Lipinski definition) is 1. The Hall–Kier alpha value is -3.18. The van der Waals surface area contributed by atoms with Gasteiger partial charge in [0.25, 0.3) is 5.56 Å². The molecular formula is C19H12ClF4N3O3S. The molecule has 2 aromatic carbocycles. The Morgan fingerprint density at radius 3 is 2.32 bits per heavy atom. The summed E-state index contributed by atoms with van der Waals surface area (Å²) in [6.45, 7) is 0.